The van der Waals surface area contributed by atoms with Crippen LogP contribution in [0, 0.1) is 6.92 Å². The quantitative estimate of drug-likeness (QED) is 0.539. The number of hydrogen-bond acceptors (Lipinski definition) is 5. The standard InChI is InChI=1S/C24H33N3O5S/c1-18-11-13-21(14-12-18)27(33(5,30)31)15-7-10-23(28)26(19(2)24(29)25-3)17-20-8-6-9-22(16-20)32-4/h6,8-9,11-14,16,19H,7,10,15,17H2,1-5H3,(H,25,29)/t19-/m1/s1. The molecule has 0 aliphatic heterocycles. The first-order valence-electron chi connectivity index (χ1n) is 10.7. The summed E-state index contributed by atoms with van der Waals surface area (Å²) in [5.74, 6) is 0.157. The lowest BCUT2D eigenvalue weighted by Gasteiger charge is -2.29. The monoisotopic (exact) mass is 475 g/mol. The lowest BCUT2D eigenvalue weighted by atomic mass is 10.1. The van der Waals surface area contributed by atoms with Crippen LogP contribution in [-0.4, -0.2) is 58.1 Å². The Balaban J connectivity index is 2.15. The number of aryl methyl sites for hydroxylation is 1. The van der Waals surface area contributed by atoms with Crippen LogP contribution in [0.3, 0.4) is 0 Å². The third-order valence-corrected chi connectivity index (χ3v) is 6.57. The van der Waals surface area contributed by atoms with E-state index in [1.807, 2.05) is 43.3 Å². The smallest absolute Gasteiger partial charge is 0.242 e. The highest BCUT2D eigenvalue weighted by molar-refractivity contribution is 7.92. The van der Waals surface area contributed by atoms with Crippen molar-refractivity contribution in [3.63, 3.8) is 0 Å². The molecule has 0 fully saturated rings. The van der Waals surface area contributed by atoms with Crippen molar-refractivity contribution in [3.05, 3.63) is 59.7 Å². The van der Waals surface area contributed by atoms with Crippen molar-refractivity contribution in [2.24, 2.45) is 0 Å². The Morgan fingerprint density at radius 2 is 1.79 bits per heavy atom. The minimum Gasteiger partial charge on any atom is -0.497 e. The number of nitrogens with zero attached hydrogens (tertiary/aromatic N) is 2. The fourth-order valence-corrected chi connectivity index (χ4v) is 4.44. The van der Waals surface area contributed by atoms with E-state index in [9.17, 15) is 18.0 Å². The number of methoxy groups -OCH3 is 1. The molecule has 180 valence electrons. The van der Waals surface area contributed by atoms with Crippen LogP contribution in [0.15, 0.2) is 48.5 Å². The zero-order chi connectivity index (χ0) is 24.6. The van der Waals surface area contributed by atoms with E-state index in [0.29, 0.717) is 17.9 Å². The number of amides is 2. The Kier molecular flexibility index (Phi) is 9.28. The molecule has 9 heteroatoms. The van der Waals surface area contributed by atoms with Crippen LogP contribution in [0.1, 0.15) is 30.9 Å². The fraction of sp³-hybridized carbons (Fsp3) is 0.417. The number of anilines is 1. The van der Waals surface area contributed by atoms with Crippen LogP contribution in [-0.2, 0) is 26.2 Å². The first-order valence-corrected chi connectivity index (χ1v) is 12.6. The molecule has 0 unspecified atom stereocenters. The Bertz CT molecular complexity index is 1050. The Morgan fingerprint density at radius 1 is 1.12 bits per heavy atom. The van der Waals surface area contributed by atoms with E-state index >= 15 is 0 Å². The van der Waals surface area contributed by atoms with Gasteiger partial charge < -0.3 is 15.0 Å². The molecule has 2 aromatic carbocycles. The summed E-state index contributed by atoms with van der Waals surface area (Å²) >= 11 is 0. The van der Waals surface area contributed by atoms with Crippen molar-refractivity contribution in [2.75, 3.05) is 31.3 Å². The number of nitrogens with one attached hydrogen (secondary N) is 1. The van der Waals surface area contributed by atoms with Gasteiger partial charge in [-0.25, -0.2) is 8.42 Å². The molecule has 0 spiro atoms. The molecular formula is C24H33N3O5S. The van der Waals surface area contributed by atoms with E-state index in [1.54, 1.807) is 26.2 Å². The van der Waals surface area contributed by atoms with Crippen molar-refractivity contribution in [1.29, 1.82) is 0 Å². The summed E-state index contributed by atoms with van der Waals surface area (Å²) in [6.07, 6.45) is 1.56. The lowest BCUT2D eigenvalue weighted by molar-refractivity contribution is -0.140. The van der Waals surface area contributed by atoms with Gasteiger partial charge in [0.2, 0.25) is 21.8 Å². The minimum atomic E-state index is -3.51. The summed E-state index contributed by atoms with van der Waals surface area (Å²) in [5.41, 5.74) is 2.41. The number of hydrogen-bond donors (Lipinski definition) is 1. The van der Waals surface area contributed by atoms with Gasteiger partial charge in [0.05, 0.1) is 19.1 Å². The first-order chi connectivity index (χ1) is 15.6. The summed E-state index contributed by atoms with van der Waals surface area (Å²) in [6, 6.07) is 13.8. The molecule has 2 rings (SSSR count). The van der Waals surface area contributed by atoms with E-state index in [4.69, 9.17) is 4.74 Å². The summed E-state index contributed by atoms with van der Waals surface area (Å²) in [4.78, 5) is 26.9. The van der Waals surface area contributed by atoms with Gasteiger partial charge in [-0.1, -0.05) is 29.8 Å². The Hall–Kier alpha value is -3.07. The summed E-state index contributed by atoms with van der Waals surface area (Å²) in [5, 5.41) is 2.58. The van der Waals surface area contributed by atoms with Gasteiger partial charge in [0.15, 0.2) is 0 Å². The van der Waals surface area contributed by atoms with Crippen LogP contribution >= 0.6 is 0 Å². The second kappa shape index (κ2) is 11.7. The first kappa shape index (κ1) is 26.2. The van der Waals surface area contributed by atoms with Gasteiger partial charge in [0.1, 0.15) is 11.8 Å². The highest BCUT2D eigenvalue weighted by Crippen LogP contribution is 2.20. The van der Waals surface area contributed by atoms with E-state index in [-0.39, 0.29) is 31.3 Å². The van der Waals surface area contributed by atoms with Gasteiger partial charge in [-0.05, 0) is 50.1 Å². The SMILES string of the molecule is CNC(=O)[C@@H](C)N(Cc1cccc(OC)c1)C(=O)CCCN(c1ccc(C)cc1)S(C)(=O)=O. The highest BCUT2D eigenvalue weighted by Gasteiger charge is 2.26. The summed E-state index contributed by atoms with van der Waals surface area (Å²) in [6.45, 7) is 4.00. The third-order valence-electron chi connectivity index (χ3n) is 5.37. The minimum absolute atomic E-state index is 0.100. The van der Waals surface area contributed by atoms with Crippen LogP contribution in [0.2, 0.25) is 0 Å². The van der Waals surface area contributed by atoms with Crippen molar-refractivity contribution >= 4 is 27.5 Å². The maximum Gasteiger partial charge on any atom is 0.242 e. The predicted molar refractivity (Wildman–Crippen MR) is 130 cm³/mol. The Morgan fingerprint density at radius 3 is 2.36 bits per heavy atom. The molecule has 0 heterocycles. The number of rotatable bonds is 11. The summed E-state index contributed by atoms with van der Waals surface area (Å²) < 4.78 is 31.2. The number of sulfonamides is 1. The maximum absolute atomic E-state index is 13.1. The van der Waals surface area contributed by atoms with Gasteiger partial charge in [-0.15, -0.1) is 0 Å². The van der Waals surface area contributed by atoms with Gasteiger partial charge in [-0.3, -0.25) is 13.9 Å². The molecule has 8 nitrogen and oxygen atoms in total. The van der Waals surface area contributed by atoms with Crippen molar-refractivity contribution in [1.82, 2.24) is 10.2 Å². The Labute approximate surface area is 196 Å². The number of carbonyl (C=O) groups is 2. The lowest BCUT2D eigenvalue weighted by Crippen LogP contribution is -2.46. The molecule has 1 atom stereocenters. The fourth-order valence-electron chi connectivity index (χ4n) is 3.47. The predicted octanol–water partition coefficient (Wildman–Crippen LogP) is 2.71. The van der Waals surface area contributed by atoms with Gasteiger partial charge in [-0.2, -0.15) is 0 Å². The zero-order valence-corrected chi connectivity index (χ0v) is 20.7. The molecule has 2 aromatic rings. The topological polar surface area (TPSA) is 96.0 Å². The van der Waals surface area contributed by atoms with Gasteiger partial charge >= 0.3 is 0 Å². The average Bonchev–Trinajstić information content (AvgIpc) is 2.79. The van der Waals surface area contributed by atoms with Crippen molar-refractivity contribution < 1.29 is 22.7 Å². The van der Waals surface area contributed by atoms with Gasteiger partial charge in [0, 0.05) is 26.6 Å². The molecule has 1 N–H and O–H groups in total. The molecular weight excluding hydrogens is 442 g/mol. The second-order valence-electron chi connectivity index (χ2n) is 7.94. The maximum atomic E-state index is 13.1. The van der Waals surface area contributed by atoms with Crippen LogP contribution in [0.5, 0.6) is 5.75 Å². The van der Waals surface area contributed by atoms with E-state index < -0.39 is 16.1 Å². The highest BCUT2D eigenvalue weighted by atomic mass is 32.2. The second-order valence-corrected chi connectivity index (χ2v) is 9.84. The van der Waals surface area contributed by atoms with E-state index in [1.165, 1.54) is 16.3 Å². The van der Waals surface area contributed by atoms with Crippen LogP contribution in [0.4, 0.5) is 5.69 Å². The van der Waals surface area contributed by atoms with E-state index in [0.717, 1.165) is 17.4 Å². The molecule has 0 aromatic heterocycles. The molecule has 0 saturated heterocycles. The molecule has 0 bridgehead atoms. The number of ether oxygens (including phenoxy) is 1. The summed E-state index contributed by atoms with van der Waals surface area (Å²) in [7, 11) is -0.416. The largest absolute Gasteiger partial charge is 0.497 e. The van der Waals surface area contributed by atoms with Crippen LogP contribution in [0.25, 0.3) is 0 Å². The van der Waals surface area contributed by atoms with Crippen LogP contribution < -0.4 is 14.4 Å². The number of likely N-dealkylation sites (N-methyl/N-ethyl adjacent to an activating group) is 1. The number of benzene rings is 2. The van der Waals surface area contributed by atoms with Crippen molar-refractivity contribution in [2.45, 2.75) is 39.3 Å². The molecule has 2 amide bonds. The van der Waals surface area contributed by atoms with Crippen molar-refractivity contribution in [3.8, 4) is 5.75 Å². The average molecular weight is 476 g/mol. The van der Waals surface area contributed by atoms with E-state index in [2.05, 4.69) is 5.32 Å². The molecule has 0 aliphatic carbocycles. The molecule has 0 aliphatic rings. The third kappa shape index (κ3) is 7.49. The normalized spacial score (nSPS) is 12.0. The molecule has 0 saturated carbocycles. The molecule has 33 heavy (non-hydrogen) atoms. The van der Waals surface area contributed by atoms with Gasteiger partial charge in [0.25, 0.3) is 0 Å². The zero-order valence-electron chi connectivity index (χ0n) is 19.9. The number of carbonyl (C=O) groups excluding carboxylic acids is 2. The molecule has 0 radical (unpaired) electrons.